The van der Waals surface area contributed by atoms with Crippen LogP contribution in [0.25, 0.3) is 0 Å². The monoisotopic (exact) mass is 233 g/mol. The molecule has 1 rings (SSSR count). The van der Waals surface area contributed by atoms with Crippen molar-refractivity contribution in [2.24, 2.45) is 5.92 Å². The van der Waals surface area contributed by atoms with Gasteiger partial charge in [0.15, 0.2) is 0 Å². The zero-order chi connectivity index (χ0) is 12.8. The van der Waals surface area contributed by atoms with E-state index >= 15 is 0 Å². The predicted octanol–water partition coefficient (Wildman–Crippen LogP) is 1.20. The first-order valence-electron chi connectivity index (χ1n) is 5.24. The molecule has 0 fully saturated rings. The molecule has 1 heterocycles. The van der Waals surface area contributed by atoms with Crippen LogP contribution in [0, 0.1) is 17.2 Å². The van der Waals surface area contributed by atoms with Crippen LogP contribution in [-0.4, -0.2) is 31.7 Å². The van der Waals surface area contributed by atoms with E-state index in [2.05, 4.69) is 9.72 Å². The molecule has 90 valence electrons. The van der Waals surface area contributed by atoms with Gasteiger partial charge in [0, 0.05) is 13.6 Å². The van der Waals surface area contributed by atoms with Gasteiger partial charge in [-0.2, -0.15) is 5.26 Å². The van der Waals surface area contributed by atoms with E-state index in [0.717, 1.165) is 0 Å². The third kappa shape index (κ3) is 3.45. The molecule has 1 aromatic rings. The first kappa shape index (κ1) is 13.0. The Labute approximate surface area is 101 Å². The summed E-state index contributed by atoms with van der Waals surface area (Å²) in [6.45, 7) is 2.28. The van der Waals surface area contributed by atoms with Crippen molar-refractivity contribution in [3.63, 3.8) is 0 Å². The topological polar surface area (TPSA) is 66.2 Å². The van der Waals surface area contributed by atoms with E-state index in [4.69, 9.17) is 5.26 Å². The zero-order valence-electron chi connectivity index (χ0n) is 10.2. The Morgan fingerprint density at radius 1 is 1.65 bits per heavy atom. The van der Waals surface area contributed by atoms with E-state index in [1.54, 1.807) is 25.1 Å². The molecule has 0 aliphatic heterocycles. The van der Waals surface area contributed by atoms with Crippen LogP contribution in [0.1, 0.15) is 12.6 Å². The number of carbonyl (C=O) groups excluding carboxylic acids is 1. The second-order valence-corrected chi connectivity index (χ2v) is 3.80. The molecule has 0 aliphatic rings. The van der Waals surface area contributed by atoms with Crippen molar-refractivity contribution in [2.75, 3.05) is 25.6 Å². The van der Waals surface area contributed by atoms with E-state index < -0.39 is 0 Å². The van der Waals surface area contributed by atoms with Crippen LogP contribution in [0.5, 0.6) is 0 Å². The van der Waals surface area contributed by atoms with E-state index in [9.17, 15) is 4.79 Å². The average molecular weight is 233 g/mol. The smallest absolute Gasteiger partial charge is 0.310 e. The van der Waals surface area contributed by atoms with Gasteiger partial charge < -0.3 is 9.64 Å². The largest absolute Gasteiger partial charge is 0.469 e. The molecule has 0 amide bonds. The van der Waals surface area contributed by atoms with E-state index in [1.165, 1.54) is 7.11 Å². The molecular formula is C12H15N3O2. The highest BCUT2D eigenvalue weighted by atomic mass is 16.5. The molecule has 0 aromatic carbocycles. The maximum absolute atomic E-state index is 11.3. The summed E-state index contributed by atoms with van der Waals surface area (Å²) in [5, 5.41) is 8.75. The quantitative estimate of drug-likeness (QED) is 0.731. The number of esters is 1. The molecule has 0 spiro atoms. The van der Waals surface area contributed by atoms with Gasteiger partial charge in [0.2, 0.25) is 0 Å². The van der Waals surface area contributed by atoms with E-state index in [1.807, 2.05) is 18.0 Å². The number of pyridine rings is 1. The number of nitrogens with zero attached hydrogens (tertiary/aromatic N) is 3. The number of hydrogen-bond acceptors (Lipinski definition) is 5. The van der Waals surface area contributed by atoms with Crippen molar-refractivity contribution >= 4 is 11.8 Å². The van der Waals surface area contributed by atoms with Crippen molar-refractivity contribution in [3.05, 3.63) is 23.9 Å². The molecule has 0 aliphatic carbocycles. The highest BCUT2D eigenvalue weighted by molar-refractivity contribution is 5.72. The third-order valence-electron chi connectivity index (χ3n) is 2.39. The number of nitriles is 1. The number of methoxy groups -OCH3 is 1. The summed E-state index contributed by atoms with van der Waals surface area (Å²) in [5.74, 6) is 0.172. The molecule has 5 nitrogen and oxygen atoms in total. The van der Waals surface area contributed by atoms with Crippen LogP contribution in [0.2, 0.25) is 0 Å². The fourth-order valence-electron chi connectivity index (χ4n) is 1.48. The Balaban J connectivity index is 2.73. The van der Waals surface area contributed by atoms with Gasteiger partial charge in [-0.15, -0.1) is 0 Å². The summed E-state index contributed by atoms with van der Waals surface area (Å²) in [5.41, 5.74) is 0.361. The van der Waals surface area contributed by atoms with E-state index in [0.29, 0.717) is 18.1 Å². The summed E-state index contributed by atoms with van der Waals surface area (Å²) < 4.78 is 4.66. The minimum absolute atomic E-state index is 0.238. The lowest BCUT2D eigenvalue weighted by molar-refractivity contribution is -0.144. The fraction of sp³-hybridized carbons (Fsp3) is 0.417. The molecular weight excluding hydrogens is 218 g/mol. The number of aromatic nitrogens is 1. The molecule has 0 saturated heterocycles. The number of carbonyl (C=O) groups is 1. The van der Waals surface area contributed by atoms with Crippen LogP contribution in [0.3, 0.4) is 0 Å². The van der Waals surface area contributed by atoms with Crippen LogP contribution < -0.4 is 4.90 Å². The Morgan fingerprint density at radius 3 is 2.94 bits per heavy atom. The van der Waals surface area contributed by atoms with Gasteiger partial charge in [-0.25, -0.2) is 4.98 Å². The lowest BCUT2D eigenvalue weighted by Gasteiger charge is -2.21. The van der Waals surface area contributed by atoms with Gasteiger partial charge in [-0.1, -0.05) is 13.0 Å². The molecule has 0 saturated carbocycles. The fourth-order valence-corrected chi connectivity index (χ4v) is 1.48. The Hall–Kier alpha value is -2.09. The Morgan fingerprint density at radius 2 is 2.35 bits per heavy atom. The van der Waals surface area contributed by atoms with Crippen molar-refractivity contribution < 1.29 is 9.53 Å². The molecule has 17 heavy (non-hydrogen) atoms. The number of anilines is 1. The molecule has 0 N–H and O–H groups in total. The molecule has 1 atom stereocenters. The summed E-state index contributed by atoms with van der Waals surface area (Å²) in [7, 11) is 3.19. The SMILES string of the molecule is COC(=O)C(C)CN(C)c1cccc(C#N)n1. The minimum Gasteiger partial charge on any atom is -0.469 e. The highest BCUT2D eigenvalue weighted by Gasteiger charge is 2.16. The van der Waals surface area contributed by atoms with Gasteiger partial charge in [0.05, 0.1) is 13.0 Å². The van der Waals surface area contributed by atoms with E-state index in [-0.39, 0.29) is 11.9 Å². The van der Waals surface area contributed by atoms with Gasteiger partial charge in [0.1, 0.15) is 17.6 Å². The van der Waals surface area contributed by atoms with Crippen LogP contribution in [0.4, 0.5) is 5.82 Å². The first-order chi connectivity index (χ1) is 8.08. The summed E-state index contributed by atoms with van der Waals surface area (Å²) in [6.07, 6.45) is 0. The zero-order valence-corrected chi connectivity index (χ0v) is 10.2. The lowest BCUT2D eigenvalue weighted by Crippen LogP contribution is -2.29. The second-order valence-electron chi connectivity index (χ2n) is 3.80. The predicted molar refractivity (Wildman–Crippen MR) is 63.4 cm³/mol. The minimum atomic E-state index is -0.256. The van der Waals surface area contributed by atoms with Crippen LogP contribution in [-0.2, 0) is 9.53 Å². The maximum Gasteiger partial charge on any atom is 0.310 e. The highest BCUT2D eigenvalue weighted by Crippen LogP contribution is 2.11. The number of hydrogen-bond donors (Lipinski definition) is 0. The average Bonchev–Trinajstić information content (AvgIpc) is 2.37. The molecule has 1 unspecified atom stereocenters. The van der Waals surface area contributed by atoms with Crippen molar-refractivity contribution in [1.29, 1.82) is 5.26 Å². The van der Waals surface area contributed by atoms with Gasteiger partial charge in [-0.3, -0.25) is 4.79 Å². The number of ether oxygens (including phenoxy) is 1. The molecule has 0 radical (unpaired) electrons. The van der Waals surface area contributed by atoms with Crippen LogP contribution >= 0.6 is 0 Å². The Bertz CT molecular complexity index is 440. The summed E-state index contributed by atoms with van der Waals surface area (Å²) in [6, 6.07) is 7.18. The number of rotatable bonds is 4. The standard InChI is InChI=1S/C12H15N3O2/c1-9(12(16)17-3)8-15(2)11-6-4-5-10(7-13)14-11/h4-6,9H,8H2,1-3H3. The van der Waals surface area contributed by atoms with Crippen molar-refractivity contribution in [2.45, 2.75) is 6.92 Å². The first-order valence-corrected chi connectivity index (χ1v) is 5.24. The van der Waals surface area contributed by atoms with Gasteiger partial charge in [0.25, 0.3) is 0 Å². The van der Waals surface area contributed by atoms with Crippen molar-refractivity contribution in [3.8, 4) is 6.07 Å². The molecule has 0 bridgehead atoms. The maximum atomic E-state index is 11.3. The summed E-state index contributed by atoms with van der Waals surface area (Å²) in [4.78, 5) is 17.2. The second kappa shape index (κ2) is 5.85. The normalized spacial score (nSPS) is 11.4. The van der Waals surface area contributed by atoms with Crippen LogP contribution in [0.15, 0.2) is 18.2 Å². The Kier molecular flexibility index (Phi) is 4.46. The van der Waals surface area contributed by atoms with Gasteiger partial charge in [-0.05, 0) is 12.1 Å². The van der Waals surface area contributed by atoms with Crippen molar-refractivity contribution in [1.82, 2.24) is 4.98 Å². The summed E-state index contributed by atoms with van der Waals surface area (Å²) >= 11 is 0. The van der Waals surface area contributed by atoms with Gasteiger partial charge >= 0.3 is 5.97 Å². The molecule has 1 aromatic heterocycles. The third-order valence-corrected chi connectivity index (χ3v) is 2.39. The lowest BCUT2D eigenvalue weighted by atomic mass is 10.2. The molecule has 5 heteroatoms.